The molecular formula is C24H25NO3. The average Bonchev–Trinajstić information content (AvgIpc) is 3.37. The normalized spacial score (nSPS) is 22.5. The van der Waals surface area contributed by atoms with Gasteiger partial charge in [-0.2, -0.15) is 0 Å². The maximum Gasteiger partial charge on any atom is 0.233 e. The zero-order chi connectivity index (χ0) is 19.3. The molecule has 5 rings (SSSR count). The maximum absolute atomic E-state index is 13.8. The smallest absolute Gasteiger partial charge is 0.233 e. The number of allylic oxidation sites excluding steroid dienone is 1. The minimum Gasteiger partial charge on any atom is -0.470 e. The van der Waals surface area contributed by atoms with Crippen molar-refractivity contribution >= 4 is 11.6 Å². The summed E-state index contributed by atoms with van der Waals surface area (Å²) in [5.41, 5.74) is 3.82. The van der Waals surface area contributed by atoms with Gasteiger partial charge in [-0.25, -0.2) is 0 Å². The number of rotatable bonds is 5. The topological polar surface area (TPSA) is 42.1 Å². The Morgan fingerprint density at radius 3 is 2.61 bits per heavy atom. The second kappa shape index (κ2) is 6.49. The third kappa shape index (κ3) is 3.02. The molecule has 0 radical (unpaired) electrons. The highest BCUT2D eigenvalue weighted by molar-refractivity contribution is 5.93. The second-order valence-corrected chi connectivity index (χ2v) is 8.41. The molecule has 4 nitrogen and oxygen atoms in total. The standard InChI is InChI=1S/C24H25NO3/c1-24(2)25(22-20-11-7-6-10-17(20)14-21(22)28-24)23(26)18(13-19-15-27-19)12-16-8-4-3-5-9-16/h3-11,18-19H,12-15H2,1-2H3/t18-,19+/m1/s1. The van der Waals surface area contributed by atoms with Crippen LogP contribution in [-0.2, 0) is 27.1 Å². The molecule has 2 atom stereocenters. The molecule has 144 valence electrons. The Labute approximate surface area is 165 Å². The molecule has 3 aliphatic rings. The van der Waals surface area contributed by atoms with Crippen molar-refractivity contribution in [2.75, 3.05) is 6.61 Å². The van der Waals surface area contributed by atoms with E-state index in [2.05, 4.69) is 24.3 Å². The Morgan fingerprint density at radius 2 is 1.86 bits per heavy atom. The van der Waals surface area contributed by atoms with E-state index in [0.29, 0.717) is 0 Å². The highest BCUT2D eigenvalue weighted by Gasteiger charge is 2.49. The van der Waals surface area contributed by atoms with Crippen LogP contribution in [0.4, 0.5) is 0 Å². The minimum absolute atomic E-state index is 0.127. The summed E-state index contributed by atoms with van der Waals surface area (Å²) in [5.74, 6) is 0.920. The van der Waals surface area contributed by atoms with Crippen LogP contribution < -0.4 is 0 Å². The van der Waals surface area contributed by atoms with Crippen molar-refractivity contribution in [2.24, 2.45) is 5.92 Å². The third-order valence-corrected chi connectivity index (χ3v) is 5.87. The van der Waals surface area contributed by atoms with Gasteiger partial charge in [0, 0.05) is 17.9 Å². The van der Waals surface area contributed by atoms with Crippen LogP contribution in [0.1, 0.15) is 37.0 Å². The van der Waals surface area contributed by atoms with Gasteiger partial charge in [0.05, 0.1) is 18.4 Å². The van der Waals surface area contributed by atoms with Gasteiger partial charge in [-0.1, -0.05) is 54.6 Å². The molecule has 2 aromatic carbocycles. The summed E-state index contributed by atoms with van der Waals surface area (Å²) in [6.45, 7) is 4.73. The number of nitrogens with zero attached hydrogens (tertiary/aromatic N) is 1. The van der Waals surface area contributed by atoms with Crippen molar-refractivity contribution < 1.29 is 14.3 Å². The summed E-state index contributed by atoms with van der Waals surface area (Å²) in [6.07, 6.45) is 2.43. The van der Waals surface area contributed by atoms with Crippen molar-refractivity contribution in [1.29, 1.82) is 0 Å². The van der Waals surface area contributed by atoms with Gasteiger partial charge in [0.2, 0.25) is 5.91 Å². The van der Waals surface area contributed by atoms with Crippen LogP contribution in [0.3, 0.4) is 0 Å². The van der Waals surface area contributed by atoms with Crippen LogP contribution in [0.15, 0.2) is 60.4 Å². The number of hydrogen-bond donors (Lipinski definition) is 0. The average molecular weight is 375 g/mol. The predicted molar refractivity (Wildman–Crippen MR) is 107 cm³/mol. The van der Waals surface area contributed by atoms with Crippen LogP contribution in [0.5, 0.6) is 0 Å². The first kappa shape index (κ1) is 17.5. The molecular weight excluding hydrogens is 350 g/mol. The predicted octanol–water partition coefficient (Wildman–Crippen LogP) is 4.15. The van der Waals surface area contributed by atoms with Gasteiger partial charge in [0.25, 0.3) is 0 Å². The summed E-state index contributed by atoms with van der Waals surface area (Å²) in [5, 5.41) is 0. The number of carbonyl (C=O) groups is 1. The Hall–Kier alpha value is -2.59. The number of hydrogen-bond acceptors (Lipinski definition) is 3. The molecule has 0 saturated carbocycles. The fourth-order valence-electron chi connectivity index (χ4n) is 4.51. The van der Waals surface area contributed by atoms with Crippen molar-refractivity contribution in [1.82, 2.24) is 4.90 Å². The van der Waals surface area contributed by atoms with Crippen LogP contribution in [0, 0.1) is 5.92 Å². The van der Waals surface area contributed by atoms with Crippen LogP contribution in [0.25, 0.3) is 5.70 Å². The highest BCUT2D eigenvalue weighted by Crippen LogP contribution is 2.47. The van der Waals surface area contributed by atoms with E-state index < -0.39 is 5.72 Å². The molecule has 0 spiro atoms. The molecule has 0 aromatic heterocycles. The molecule has 0 unspecified atom stereocenters. The Morgan fingerprint density at radius 1 is 1.14 bits per heavy atom. The van der Waals surface area contributed by atoms with Gasteiger partial charge in [0.15, 0.2) is 5.72 Å². The van der Waals surface area contributed by atoms with Gasteiger partial charge in [-0.15, -0.1) is 0 Å². The zero-order valence-electron chi connectivity index (χ0n) is 16.4. The highest BCUT2D eigenvalue weighted by atomic mass is 16.6. The maximum atomic E-state index is 13.8. The minimum atomic E-state index is -0.672. The van der Waals surface area contributed by atoms with E-state index in [0.717, 1.165) is 42.9 Å². The largest absolute Gasteiger partial charge is 0.470 e. The van der Waals surface area contributed by atoms with Crippen molar-refractivity contribution in [3.8, 4) is 0 Å². The molecule has 2 aliphatic heterocycles. The number of fused-ring (bicyclic) bond motifs is 2. The van der Waals surface area contributed by atoms with Crippen molar-refractivity contribution in [2.45, 2.75) is 44.9 Å². The van der Waals surface area contributed by atoms with Gasteiger partial charge >= 0.3 is 0 Å². The molecule has 28 heavy (non-hydrogen) atoms. The molecule has 2 aromatic rings. The molecule has 2 heterocycles. The Balaban J connectivity index is 1.48. The fraction of sp³-hybridized carbons (Fsp3) is 0.375. The molecule has 0 N–H and O–H groups in total. The van der Waals surface area contributed by atoms with E-state index in [1.54, 1.807) is 0 Å². The van der Waals surface area contributed by atoms with Gasteiger partial charge in [-0.05, 0) is 37.8 Å². The van der Waals surface area contributed by atoms with Gasteiger partial charge < -0.3 is 9.47 Å². The quantitative estimate of drug-likeness (QED) is 0.737. The zero-order valence-corrected chi connectivity index (χ0v) is 16.4. The number of epoxide rings is 1. The summed E-state index contributed by atoms with van der Waals surface area (Å²) in [7, 11) is 0. The van der Waals surface area contributed by atoms with Crippen molar-refractivity contribution in [3.05, 3.63) is 77.0 Å². The van der Waals surface area contributed by atoms with Crippen LogP contribution in [0.2, 0.25) is 0 Å². The summed E-state index contributed by atoms with van der Waals surface area (Å²) in [4.78, 5) is 15.7. The molecule has 1 saturated heterocycles. The van der Waals surface area contributed by atoms with Crippen LogP contribution in [-0.4, -0.2) is 29.2 Å². The number of benzene rings is 2. The number of ether oxygens (including phenoxy) is 2. The van der Waals surface area contributed by atoms with Gasteiger partial charge in [0.1, 0.15) is 5.76 Å². The summed E-state index contributed by atoms with van der Waals surface area (Å²) >= 11 is 0. The molecule has 0 bridgehead atoms. The monoisotopic (exact) mass is 375 g/mol. The lowest BCUT2D eigenvalue weighted by atomic mass is 9.92. The van der Waals surface area contributed by atoms with E-state index in [1.807, 2.05) is 49.1 Å². The van der Waals surface area contributed by atoms with E-state index in [9.17, 15) is 4.79 Å². The first-order valence-corrected chi connectivity index (χ1v) is 10.0. The molecule has 1 amide bonds. The molecule has 1 aliphatic carbocycles. The lowest BCUT2D eigenvalue weighted by molar-refractivity contribution is -0.146. The summed E-state index contributed by atoms with van der Waals surface area (Å²) < 4.78 is 11.7. The van der Waals surface area contributed by atoms with Gasteiger partial charge in [-0.3, -0.25) is 9.69 Å². The van der Waals surface area contributed by atoms with Crippen LogP contribution >= 0.6 is 0 Å². The Kier molecular flexibility index (Phi) is 4.06. The second-order valence-electron chi connectivity index (χ2n) is 8.41. The first-order chi connectivity index (χ1) is 13.5. The number of carbonyl (C=O) groups excluding carboxylic acids is 1. The first-order valence-electron chi connectivity index (χ1n) is 10.0. The SMILES string of the molecule is CC1(C)OC2=C(c3ccccc3C2)N1C(=O)[C@H](Cc1ccccc1)C[C@H]1CO1. The van der Waals surface area contributed by atoms with E-state index in [1.165, 1.54) is 11.1 Å². The van der Waals surface area contributed by atoms with Crippen molar-refractivity contribution in [3.63, 3.8) is 0 Å². The third-order valence-electron chi connectivity index (χ3n) is 5.87. The van der Waals surface area contributed by atoms with E-state index in [4.69, 9.17) is 9.47 Å². The fourth-order valence-corrected chi connectivity index (χ4v) is 4.51. The van der Waals surface area contributed by atoms with E-state index >= 15 is 0 Å². The lowest BCUT2D eigenvalue weighted by Crippen LogP contribution is -2.47. The molecule has 1 fully saturated rings. The lowest BCUT2D eigenvalue weighted by Gasteiger charge is -2.35. The number of amides is 1. The Bertz CT molecular complexity index is 943. The summed E-state index contributed by atoms with van der Waals surface area (Å²) in [6, 6.07) is 18.5. The molecule has 4 heteroatoms. The van der Waals surface area contributed by atoms with E-state index in [-0.39, 0.29) is 17.9 Å².